The summed E-state index contributed by atoms with van der Waals surface area (Å²) in [4.78, 5) is 40.5. The molecule has 0 aliphatic carbocycles. The summed E-state index contributed by atoms with van der Waals surface area (Å²) in [5.74, 6) is -0.788. The van der Waals surface area contributed by atoms with Crippen molar-refractivity contribution in [3.63, 3.8) is 0 Å². The van der Waals surface area contributed by atoms with Gasteiger partial charge in [-0.15, -0.1) is 11.3 Å². The Bertz CT molecular complexity index is 1300. The van der Waals surface area contributed by atoms with Crippen LogP contribution in [0.2, 0.25) is 0 Å². The normalized spacial score (nSPS) is 20.6. The molecule has 1 aromatic carbocycles. The van der Waals surface area contributed by atoms with Gasteiger partial charge in [-0.25, -0.2) is 8.42 Å². The van der Waals surface area contributed by atoms with Crippen LogP contribution in [-0.2, 0) is 27.8 Å². The van der Waals surface area contributed by atoms with E-state index in [9.17, 15) is 22.8 Å². The van der Waals surface area contributed by atoms with E-state index in [0.29, 0.717) is 36.6 Å². The van der Waals surface area contributed by atoms with Crippen LogP contribution in [0.4, 0.5) is 5.00 Å². The Balaban J connectivity index is 1.55. The maximum Gasteiger partial charge on any atom is 0.272 e. The zero-order chi connectivity index (χ0) is 26.9. The van der Waals surface area contributed by atoms with Crippen LogP contribution in [0, 0.1) is 11.8 Å². The summed E-state index contributed by atoms with van der Waals surface area (Å²) in [6.45, 7) is 7.77. The van der Waals surface area contributed by atoms with Gasteiger partial charge in [0.25, 0.3) is 11.8 Å². The zero-order valence-electron chi connectivity index (χ0n) is 21.5. The molecule has 1 fully saturated rings. The summed E-state index contributed by atoms with van der Waals surface area (Å²) in [5.41, 5.74) is 6.15. The van der Waals surface area contributed by atoms with E-state index >= 15 is 0 Å². The van der Waals surface area contributed by atoms with Crippen LogP contribution in [0.25, 0.3) is 0 Å². The lowest BCUT2D eigenvalue weighted by molar-refractivity contribution is -0.119. The molecule has 2 atom stereocenters. The second-order valence-electron chi connectivity index (χ2n) is 10.1. The number of carbonyl (C=O) groups is 3. The summed E-state index contributed by atoms with van der Waals surface area (Å²) >= 11 is 1.33. The van der Waals surface area contributed by atoms with Crippen molar-refractivity contribution in [1.29, 1.82) is 0 Å². The first-order chi connectivity index (χ1) is 17.5. The molecule has 0 spiro atoms. The summed E-state index contributed by atoms with van der Waals surface area (Å²) < 4.78 is 27.9. The van der Waals surface area contributed by atoms with Crippen molar-refractivity contribution in [3.05, 3.63) is 45.8 Å². The molecule has 2 aliphatic rings. The van der Waals surface area contributed by atoms with Gasteiger partial charge in [-0.2, -0.15) is 4.31 Å². The number of sulfonamides is 1. The highest BCUT2D eigenvalue weighted by atomic mass is 32.2. The zero-order valence-corrected chi connectivity index (χ0v) is 23.1. The van der Waals surface area contributed by atoms with Crippen molar-refractivity contribution in [2.24, 2.45) is 11.8 Å². The molecule has 3 N–H and O–H groups in total. The fourth-order valence-corrected chi connectivity index (χ4v) is 7.97. The van der Waals surface area contributed by atoms with Crippen molar-refractivity contribution < 1.29 is 22.8 Å². The molecule has 2 aromatic rings. The van der Waals surface area contributed by atoms with Gasteiger partial charge in [0, 0.05) is 43.5 Å². The number of likely N-dealkylation sites (N-methyl/N-ethyl adjacent to an activating group) is 1. The molecule has 37 heavy (non-hydrogen) atoms. The van der Waals surface area contributed by atoms with Crippen molar-refractivity contribution in [2.75, 3.05) is 32.0 Å². The van der Waals surface area contributed by atoms with Crippen molar-refractivity contribution in [3.8, 4) is 0 Å². The van der Waals surface area contributed by atoms with E-state index in [0.717, 1.165) is 23.4 Å². The maximum absolute atomic E-state index is 13.2. The molecule has 2 unspecified atom stereocenters. The van der Waals surface area contributed by atoms with Gasteiger partial charge >= 0.3 is 0 Å². The number of amides is 3. The molecule has 0 radical (unpaired) electrons. The van der Waals surface area contributed by atoms with E-state index in [4.69, 9.17) is 0 Å². The second kappa shape index (κ2) is 10.9. The van der Waals surface area contributed by atoms with E-state index in [1.807, 2.05) is 7.05 Å². The molecule has 0 bridgehead atoms. The number of benzene rings is 1. The van der Waals surface area contributed by atoms with Crippen molar-refractivity contribution in [2.45, 2.75) is 45.1 Å². The van der Waals surface area contributed by atoms with Gasteiger partial charge in [0.1, 0.15) is 5.00 Å². The van der Waals surface area contributed by atoms with Gasteiger partial charge in [0.15, 0.2) is 0 Å². The first-order valence-corrected chi connectivity index (χ1v) is 14.5. The number of nitrogens with zero attached hydrogens (tertiary/aromatic N) is 2. The minimum atomic E-state index is -3.66. The number of carbonyl (C=O) groups excluding carboxylic acids is 3. The van der Waals surface area contributed by atoms with E-state index in [-0.39, 0.29) is 22.3 Å². The molecule has 12 heteroatoms. The maximum atomic E-state index is 13.2. The van der Waals surface area contributed by atoms with Crippen LogP contribution in [0.5, 0.6) is 0 Å². The number of hydrazine groups is 1. The van der Waals surface area contributed by atoms with Crippen LogP contribution < -0.4 is 16.2 Å². The molecule has 1 aromatic heterocycles. The molecule has 200 valence electrons. The van der Waals surface area contributed by atoms with E-state index < -0.39 is 27.7 Å². The predicted octanol–water partition coefficient (Wildman–Crippen LogP) is 2.44. The third-order valence-corrected chi connectivity index (χ3v) is 9.62. The average molecular weight is 548 g/mol. The highest BCUT2D eigenvalue weighted by molar-refractivity contribution is 7.89. The van der Waals surface area contributed by atoms with E-state index in [1.165, 1.54) is 46.8 Å². The first kappa shape index (κ1) is 27.2. The highest BCUT2D eigenvalue weighted by Gasteiger charge is 2.32. The van der Waals surface area contributed by atoms with Gasteiger partial charge < -0.3 is 10.2 Å². The lowest BCUT2D eigenvalue weighted by Crippen LogP contribution is -2.42. The van der Waals surface area contributed by atoms with Crippen LogP contribution in [0.15, 0.2) is 29.2 Å². The SMILES string of the molecule is CC(=O)NNC(=O)c1c(NC(=O)c2ccc(S(=O)(=O)N3CC(C)CC(C)C3)cc2)sc2c1CCN(C)C2. The predicted molar refractivity (Wildman–Crippen MR) is 142 cm³/mol. The monoisotopic (exact) mass is 547 g/mol. The van der Waals surface area contributed by atoms with Gasteiger partial charge in [-0.05, 0) is 61.6 Å². The van der Waals surface area contributed by atoms with Gasteiger partial charge in [-0.1, -0.05) is 13.8 Å². The molecule has 4 rings (SSSR count). The van der Waals surface area contributed by atoms with Crippen LogP contribution in [0.3, 0.4) is 0 Å². The fourth-order valence-electron chi connectivity index (χ4n) is 4.97. The molecular weight excluding hydrogens is 514 g/mol. The minimum absolute atomic E-state index is 0.148. The van der Waals surface area contributed by atoms with E-state index in [1.54, 1.807) is 0 Å². The van der Waals surface area contributed by atoms with Crippen LogP contribution >= 0.6 is 11.3 Å². The largest absolute Gasteiger partial charge is 0.313 e. The van der Waals surface area contributed by atoms with E-state index in [2.05, 4.69) is 34.9 Å². The van der Waals surface area contributed by atoms with Gasteiger partial charge in [0.2, 0.25) is 15.9 Å². The Labute approximate surface area is 221 Å². The van der Waals surface area contributed by atoms with Gasteiger partial charge in [0.05, 0.1) is 10.5 Å². The highest BCUT2D eigenvalue weighted by Crippen LogP contribution is 2.37. The standard InChI is InChI=1S/C25H33N5O5S2/c1-15-11-16(2)13-30(12-15)37(34,35)19-7-5-18(6-8-19)23(32)26-25-22(24(33)28-27-17(3)31)20-9-10-29(4)14-21(20)36-25/h5-8,15-16H,9-14H2,1-4H3,(H,26,32)(H,27,31)(H,28,33). The smallest absolute Gasteiger partial charge is 0.272 e. The number of hydrogen-bond acceptors (Lipinski definition) is 7. The molecule has 3 amide bonds. The number of thiophene rings is 1. The lowest BCUT2D eigenvalue weighted by Gasteiger charge is -2.34. The number of hydrogen-bond donors (Lipinski definition) is 3. The molecule has 2 aliphatic heterocycles. The molecule has 10 nitrogen and oxygen atoms in total. The Hall–Kier alpha value is -2.80. The third-order valence-electron chi connectivity index (χ3n) is 6.64. The average Bonchev–Trinajstić information content (AvgIpc) is 3.18. The number of rotatable bonds is 5. The summed E-state index contributed by atoms with van der Waals surface area (Å²) in [6, 6.07) is 5.87. The Morgan fingerprint density at radius 1 is 1.00 bits per heavy atom. The third kappa shape index (κ3) is 6.03. The summed E-state index contributed by atoms with van der Waals surface area (Å²) in [6.07, 6.45) is 1.64. The molecule has 3 heterocycles. The Morgan fingerprint density at radius 3 is 2.27 bits per heavy atom. The number of piperidine rings is 1. The molecular formula is C25H33N5O5S2. The lowest BCUT2D eigenvalue weighted by atomic mass is 9.94. The topological polar surface area (TPSA) is 128 Å². The molecule has 1 saturated heterocycles. The summed E-state index contributed by atoms with van der Waals surface area (Å²) in [7, 11) is -1.67. The Morgan fingerprint density at radius 2 is 1.65 bits per heavy atom. The van der Waals surface area contributed by atoms with Crippen molar-refractivity contribution >= 4 is 44.1 Å². The fraction of sp³-hybridized carbons (Fsp3) is 0.480. The molecule has 0 saturated carbocycles. The van der Waals surface area contributed by atoms with Crippen molar-refractivity contribution in [1.82, 2.24) is 20.1 Å². The number of fused-ring (bicyclic) bond motifs is 1. The number of nitrogens with one attached hydrogen (secondary N) is 3. The minimum Gasteiger partial charge on any atom is -0.313 e. The van der Waals surface area contributed by atoms with Crippen LogP contribution in [0.1, 0.15) is 58.3 Å². The quantitative estimate of drug-likeness (QED) is 0.494. The summed E-state index contributed by atoms with van der Waals surface area (Å²) in [5, 5.41) is 3.22. The van der Waals surface area contributed by atoms with Crippen LogP contribution in [-0.4, -0.2) is 62.0 Å². The Kier molecular flexibility index (Phi) is 8.02. The van der Waals surface area contributed by atoms with Gasteiger partial charge in [-0.3, -0.25) is 25.2 Å². The first-order valence-electron chi connectivity index (χ1n) is 12.3. The number of anilines is 1. The second-order valence-corrected chi connectivity index (χ2v) is 13.1.